The zero-order valence-electron chi connectivity index (χ0n) is 11.5. The first kappa shape index (κ1) is 14.2. The summed E-state index contributed by atoms with van der Waals surface area (Å²) in [6.45, 7) is 0.838. The summed E-state index contributed by atoms with van der Waals surface area (Å²) in [5.74, 6) is 0.789. The minimum atomic E-state index is 0.0117. The van der Waals surface area contributed by atoms with Gasteiger partial charge in [0.2, 0.25) is 0 Å². The molecule has 1 heterocycles. The van der Waals surface area contributed by atoms with Crippen LogP contribution in [0.2, 0.25) is 0 Å². The van der Waals surface area contributed by atoms with Gasteiger partial charge in [-0.25, -0.2) is 0 Å². The van der Waals surface area contributed by atoms with Gasteiger partial charge in [-0.15, -0.1) is 0 Å². The first-order chi connectivity index (χ1) is 9.66. The number of likely N-dealkylation sites (tertiary alicyclic amines) is 1. The Hall–Kier alpha value is -0.780. The zero-order chi connectivity index (χ0) is 14.1. The van der Waals surface area contributed by atoms with Gasteiger partial charge in [-0.2, -0.15) is 0 Å². The Morgan fingerprint density at radius 2 is 1.95 bits per heavy atom. The van der Waals surface area contributed by atoms with E-state index in [0.717, 1.165) is 23.0 Å². The lowest BCUT2D eigenvalue weighted by atomic mass is 9.78. The van der Waals surface area contributed by atoms with Gasteiger partial charge in [0.1, 0.15) is 5.75 Å². The molecule has 1 N–H and O–H groups in total. The molecular formula is C16H20INO2. The monoisotopic (exact) mass is 385 g/mol. The standard InChI is InChI=1S/C16H20INO2/c17-12-7-8-15(19)13(10-12)16(20)18-9-3-5-11-4-1-2-6-14(11)18/h7-8,10-11,14,19H,1-6,9H2. The molecule has 1 aliphatic heterocycles. The van der Waals surface area contributed by atoms with Crippen LogP contribution < -0.4 is 0 Å². The second-order valence-corrected chi connectivity index (χ2v) is 7.16. The highest BCUT2D eigenvalue weighted by molar-refractivity contribution is 14.1. The maximum Gasteiger partial charge on any atom is 0.257 e. The van der Waals surface area contributed by atoms with Crippen molar-refractivity contribution in [2.24, 2.45) is 5.92 Å². The van der Waals surface area contributed by atoms with Gasteiger partial charge in [0.25, 0.3) is 5.91 Å². The van der Waals surface area contributed by atoms with E-state index in [4.69, 9.17) is 0 Å². The van der Waals surface area contributed by atoms with E-state index in [9.17, 15) is 9.90 Å². The molecule has 1 amide bonds. The van der Waals surface area contributed by atoms with E-state index in [1.54, 1.807) is 12.1 Å². The largest absolute Gasteiger partial charge is 0.507 e. The van der Waals surface area contributed by atoms with Gasteiger partial charge in [-0.3, -0.25) is 4.79 Å². The van der Waals surface area contributed by atoms with Crippen molar-refractivity contribution in [2.45, 2.75) is 44.6 Å². The number of rotatable bonds is 1. The lowest BCUT2D eigenvalue weighted by Gasteiger charge is -2.44. The zero-order valence-corrected chi connectivity index (χ0v) is 13.7. The molecule has 0 radical (unpaired) electrons. The summed E-state index contributed by atoms with van der Waals surface area (Å²) in [4.78, 5) is 14.8. The Bertz CT molecular complexity index is 515. The predicted octanol–water partition coefficient (Wildman–Crippen LogP) is 3.79. The summed E-state index contributed by atoms with van der Waals surface area (Å²) in [6.07, 6.45) is 7.26. The molecule has 2 unspecified atom stereocenters. The summed E-state index contributed by atoms with van der Waals surface area (Å²) >= 11 is 2.18. The van der Waals surface area contributed by atoms with Crippen molar-refractivity contribution < 1.29 is 9.90 Å². The molecule has 4 heteroatoms. The second kappa shape index (κ2) is 5.92. The van der Waals surface area contributed by atoms with Crippen LogP contribution in [0.5, 0.6) is 5.75 Å². The van der Waals surface area contributed by atoms with Crippen molar-refractivity contribution in [3.8, 4) is 5.75 Å². The molecular weight excluding hydrogens is 365 g/mol. The number of hydrogen-bond donors (Lipinski definition) is 1. The molecule has 2 fully saturated rings. The summed E-state index contributed by atoms with van der Waals surface area (Å²) in [5.41, 5.74) is 0.461. The van der Waals surface area contributed by atoms with E-state index < -0.39 is 0 Å². The Kier molecular flexibility index (Phi) is 4.19. The number of carbonyl (C=O) groups excluding carboxylic acids is 1. The van der Waals surface area contributed by atoms with Gasteiger partial charge >= 0.3 is 0 Å². The van der Waals surface area contributed by atoms with Crippen molar-refractivity contribution in [2.75, 3.05) is 6.54 Å². The average Bonchev–Trinajstić information content (AvgIpc) is 2.48. The lowest BCUT2D eigenvalue weighted by molar-refractivity contribution is 0.0388. The topological polar surface area (TPSA) is 40.5 Å². The Labute approximate surface area is 133 Å². The molecule has 1 saturated carbocycles. The minimum absolute atomic E-state index is 0.0117. The van der Waals surface area contributed by atoms with Crippen LogP contribution in [0.3, 0.4) is 0 Å². The first-order valence-electron chi connectivity index (χ1n) is 7.46. The van der Waals surface area contributed by atoms with Crippen molar-refractivity contribution in [1.82, 2.24) is 4.90 Å². The number of benzene rings is 1. The molecule has 0 aromatic heterocycles. The Balaban J connectivity index is 1.87. The average molecular weight is 385 g/mol. The number of amides is 1. The van der Waals surface area contributed by atoms with Crippen LogP contribution in [0, 0.1) is 9.49 Å². The molecule has 0 spiro atoms. The van der Waals surface area contributed by atoms with E-state index in [1.807, 2.05) is 11.0 Å². The number of piperidine rings is 1. The van der Waals surface area contributed by atoms with Gasteiger partial charge in [-0.05, 0) is 72.4 Å². The molecule has 0 bridgehead atoms. The van der Waals surface area contributed by atoms with Crippen molar-refractivity contribution >= 4 is 28.5 Å². The molecule has 3 rings (SSSR count). The molecule has 20 heavy (non-hydrogen) atoms. The molecule has 1 aliphatic carbocycles. The van der Waals surface area contributed by atoms with Crippen LogP contribution in [-0.2, 0) is 0 Å². The van der Waals surface area contributed by atoms with E-state index in [2.05, 4.69) is 22.6 Å². The number of hydrogen-bond acceptors (Lipinski definition) is 2. The fourth-order valence-corrected chi connectivity index (χ4v) is 4.20. The van der Waals surface area contributed by atoms with Crippen LogP contribution >= 0.6 is 22.6 Å². The highest BCUT2D eigenvalue weighted by atomic mass is 127. The third-order valence-corrected chi connectivity index (χ3v) is 5.36. The maximum absolute atomic E-state index is 12.8. The summed E-state index contributed by atoms with van der Waals surface area (Å²) < 4.78 is 0.987. The third kappa shape index (κ3) is 2.67. The maximum atomic E-state index is 12.8. The fraction of sp³-hybridized carbons (Fsp3) is 0.562. The Morgan fingerprint density at radius 1 is 1.20 bits per heavy atom. The van der Waals surface area contributed by atoms with Crippen LogP contribution in [-0.4, -0.2) is 28.5 Å². The quantitative estimate of drug-likeness (QED) is 0.748. The van der Waals surface area contributed by atoms with Crippen LogP contribution in [0.25, 0.3) is 0 Å². The lowest BCUT2D eigenvalue weighted by Crippen LogP contribution is -2.49. The third-order valence-electron chi connectivity index (χ3n) is 4.69. The van der Waals surface area contributed by atoms with Crippen molar-refractivity contribution in [3.63, 3.8) is 0 Å². The number of phenolic OH excluding ortho intramolecular Hbond substituents is 1. The molecule has 2 aliphatic rings. The van der Waals surface area contributed by atoms with E-state index in [-0.39, 0.29) is 11.7 Å². The van der Waals surface area contributed by atoms with Gasteiger partial charge in [0.05, 0.1) is 5.56 Å². The SMILES string of the molecule is O=C(c1cc(I)ccc1O)N1CCCC2CCCCC21. The molecule has 2 atom stereocenters. The summed E-state index contributed by atoms with van der Waals surface area (Å²) in [5, 5.41) is 9.98. The van der Waals surface area contributed by atoms with Gasteiger partial charge in [0, 0.05) is 16.2 Å². The van der Waals surface area contributed by atoms with Gasteiger partial charge in [-0.1, -0.05) is 12.8 Å². The normalized spacial score (nSPS) is 26.1. The van der Waals surface area contributed by atoms with Gasteiger partial charge < -0.3 is 10.0 Å². The van der Waals surface area contributed by atoms with Crippen molar-refractivity contribution in [3.05, 3.63) is 27.3 Å². The number of halogens is 1. The number of phenols is 1. The smallest absolute Gasteiger partial charge is 0.257 e. The first-order valence-corrected chi connectivity index (χ1v) is 8.54. The highest BCUT2D eigenvalue weighted by Crippen LogP contribution is 2.36. The molecule has 1 aromatic rings. The van der Waals surface area contributed by atoms with Crippen LogP contribution in [0.1, 0.15) is 48.9 Å². The minimum Gasteiger partial charge on any atom is -0.507 e. The van der Waals surface area contributed by atoms with E-state index in [0.29, 0.717) is 17.5 Å². The number of carbonyl (C=O) groups is 1. The fourth-order valence-electron chi connectivity index (χ4n) is 3.71. The summed E-state index contributed by atoms with van der Waals surface area (Å²) in [6, 6.07) is 5.64. The number of nitrogens with zero attached hydrogens (tertiary/aromatic N) is 1. The number of aromatic hydroxyl groups is 1. The van der Waals surface area contributed by atoms with Crippen LogP contribution in [0.4, 0.5) is 0 Å². The predicted molar refractivity (Wildman–Crippen MR) is 86.8 cm³/mol. The molecule has 3 nitrogen and oxygen atoms in total. The molecule has 108 valence electrons. The van der Waals surface area contributed by atoms with Gasteiger partial charge in [0.15, 0.2) is 0 Å². The summed E-state index contributed by atoms with van der Waals surface area (Å²) in [7, 11) is 0. The highest BCUT2D eigenvalue weighted by Gasteiger charge is 2.36. The Morgan fingerprint density at radius 3 is 2.80 bits per heavy atom. The second-order valence-electron chi connectivity index (χ2n) is 5.91. The molecule has 1 saturated heterocycles. The van der Waals surface area contributed by atoms with Crippen molar-refractivity contribution in [1.29, 1.82) is 0 Å². The van der Waals surface area contributed by atoms with E-state index >= 15 is 0 Å². The number of fused-ring (bicyclic) bond motifs is 1. The van der Waals surface area contributed by atoms with Crippen LogP contribution in [0.15, 0.2) is 18.2 Å². The molecule has 1 aromatic carbocycles. The van der Waals surface area contributed by atoms with E-state index in [1.165, 1.54) is 25.7 Å².